The summed E-state index contributed by atoms with van der Waals surface area (Å²) in [6.07, 6.45) is -1.31. The van der Waals surface area contributed by atoms with Gasteiger partial charge in [-0.25, -0.2) is 13.2 Å². The Kier molecular flexibility index (Phi) is 6.96. The third-order valence-corrected chi connectivity index (χ3v) is 5.96. The van der Waals surface area contributed by atoms with Gasteiger partial charge < -0.3 is 14.8 Å². The van der Waals surface area contributed by atoms with Crippen LogP contribution in [0.15, 0.2) is 29.2 Å². The van der Waals surface area contributed by atoms with Crippen LogP contribution in [-0.4, -0.2) is 62.5 Å². The van der Waals surface area contributed by atoms with E-state index in [-0.39, 0.29) is 41.7 Å². The molecule has 0 aliphatic carbocycles. The highest BCUT2D eigenvalue weighted by molar-refractivity contribution is 7.89. The lowest BCUT2D eigenvalue weighted by Crippen LogP contribution is -2.48. The molecule has 27 heavy (non-hydrogen) atoms. The Morgan fingerprint density at radius 1 is 1.22 bits per heavy atom. The Labute approximate surface area is 159 Å². The van der Waals surface area contributed by atoms with Crippen LogP contribution < -0.4 is 5.32 Å². The van der Waals surface area contributed by atoms with E-state index in [0.717, 1.165) is 0 Å². The SMILES string of the molecule is CCNC(=O)[C@@H](C)OC(=O)c1ccc(S(=O)(=O)N2C[C@@H](C)O[C@@H](C)C2)cc1. The number of benzene rings is 1. The molecule has 1 fully saturated rings. The van der Waals surface area contributed by atoms with Crippen molar-refractivity contribution in [3.05, 3.63) is 29.8 Å². The van der Waals surface area contributed by atoms with Crippen LogP contribution in [0.3, 0.4) is 0 Å². The third kappa shape index (κ3) is 5.27. The van der Waals surface area contributed by atoms with Gasteiger partial charge in [0, 0.05) is 19.6 Å². The number of ether oxygens (including phenoxy) is 2. The second kappa shape index (κ2) is 8.81. The zero-order valence-electron chi connectivity index (χ0n) is 16.0. The van der Waals surface area contributed by atoms with Gasteiger partial charge in [-0.1, -0.05) is 0 Å². The monoisotopic (exact) mass is 398 g/mol. The lowest BCUT2D eigenvalue weighted by atomic mass is 10.2. The molecule has 1 aliphatic rings. The predicted molar refractivity (Wildman–Crippen MR) is 98.8 cm³/mol. The normalized spacial score (nSPS) is 22.1. The van der Waals surface area contributed by atoms with Crippen LogP contribution in [0.25, 0.3) is 0 Å². The van der Waals surface area contributed by atoms with Crippen LogP contribution >= 0.6 is 0 Å². The van der Waals surface area contributed by atoms with E-state index in [1.54, 1.807) is 6.92 Å². The summed E-state index contributed by atoms with van der Waals surface area (Å²) in [6, 6.07) is 5.50. The summed E-state index contributed by atoms with van der Waals surface area (Å²) in [5.74, 6) is -1.08. The number of carbonyl (C=O) groups is 2. The van der Waals surface area contributed by atoms with Crippen molar-refractivity contribution in [1.82, 2.24) is 9.62 Å². The molecule has 0 bridgehead atoms. The van der Waals surface area contributed by atoms with Gasteiger partial charge in [0.1, 0.15) is 0 Å². The van der Waals surface area contributed by atoms with Crippen molar-refractivity contribution in [2.24, 2.45) is 0 Å². The number of sulfonamides is 1. The minimum Gasteiger partial charge on any atom is -0.449 e. The van der Waals surface area contributed by atoms with Crippen LogP contribution in [0.4, 0.5) is 0 Å². The van der Waals surface area contributed by atoms with Gasteiger partial charge in [0.25, 0.3) is 5.91 Å². The Morgan fingerprint density at radius 3 is 2.30 bits per heavy atom. The zero-order chi connectivity index (χ0) is 20.2. The summed E-state index contributed by atoms with van der Waals surface area (Å²) in [5.41, 5.74) is 0.175. The fraction of sp³-hybridized carbons (Fsp3) is 0.556. The van der Waals surface area contributed by atoms with E-state index >= 15 is 0 Å². The van der Waals surface area contributed by atoms with Crippen molar-refractivity contribution in [1.29, 1.82) is 0 Å². The van der Waals surface area contributed by atoms with E-state index in [9.17, 15) is 18.0 Å². The van der Waals surface area contributed by atoms with Crippen LogP contribution in [0.5, 0.6) is 0 Å². The average molecular weight is 398 g/mol. The minimum absolute atomic E-state index is 0.0946. The van der Waals surface area contributed by atoms with Crippen molar-refractivity contribution in [3.8, 4) is 0 Å². The largest absolute Gasteiger partial charge is 0.449 e. The molecule has 0 saturated carbocycles. The molecular formula is C18H26N2O6S. The Bertz CT molecular complexity index is 768. The molecule has 1 heterocycles. The lowest BCUT2D eigenvalue weighted by Gasteiger charge is -2.34. The van der Waals surface area contributed by atoms with E-state index in [4.69, 9.17) is 9.47 Å². The van der Waals surface area contributed by atoms with Gasteiger partial charge in [-0.05, 0) is 52.0 Å². The molecule has 0 aromatic heterocycles. The summed E-state index contributed by atoms with van der Waals surface area (Å²) < 4.78 is 37.6. The fourth-order valence-corrected chi connectivity index (χ4v) is 4.43. The van der Waals surface area contributed by atoms with Gasteiger partial charge in [0.2, 0.25) is 10.0 Å². The molecule has 0 spiro atoms. The van der Waals surface area contributed by atoms with Gasteiger partial charge in [-0.3, -0.25) is 4.79 Å². The number of hydrogen-bond acceptors (Lipinski definition) is 6. The zero-order valence-corrected chi connectivity index (χ0v) is 16.8. The van der Waals surface area contributed by atoms with E-state index in [0.29, 0.717) is 6.54 Å². The maximum absolute atomic E-state index is 12.8. The van der Waals surface area contributed by atoms with Crippen molar-refractivity contribution < 1.29 is 27.5 Å². The highest BCUT2D eigenvalue weighted by atomic mass is 32.2. The van der Waals surface area contributed by atoms with Crippen LogP contribution in [0.1, 0.15) is 38.1 Å². The molecule has 0 unspecified atom stereocenters. The number of morpholine rings is 1. The molecule has 1 N–H and O–H groups in total. The molecule has 1 aromatic rings. The summed E-state index contributed by atoms with van der Waals surface area (Å²) in [6.45, 7) is 7.89. The van der Waals surface area contributed by atoms with Gasteiger partial charge in [-0.15, -0.1) is 0 Å². The van der Waals surface area contributed by atoms with E-state index in [1.807, 2.05) is 13.8 Å². The molecule has 1 saturated heterocycles. The first kappa shape index (κ1) is 21.3. The molecule has 1 aliphatic heterocycles. The first-order valence-electron chi connectivity index (χ1n) is 8.89. The second-order valence-corrected chi connectivity index (χ2v) is 8.48. The average Bonchev–Trinajstić information content (AvgIpc) is 2.61. The molecule has 0 radical (unpaired) electrons. The minimum atomic E-state index is -3.68. The maximum Gasteiger partial charge on any atom is 0.338 e. The molecule has 1 amide bonds. The number of nitrogens with one attached hydrogen (secondary N) is 1. The van der Waals surface area contributed by atoms with Crippen molar-refractivity contribution in [2.45, 2.75) is 50.9 Å². The second-order valence-electron chi connectivity index (χ2n) is 6.55. The maximum atomic E-state index is 12.8. The molecular weight excluding hydrogens is 372 g/mol. The summed E-state index contributed by atoms with van der Waals surface area (Å²) in [5, 5.41) is 2.56. The Morgan fingerprint density at radius 2 is 1.78 bits per heavy atom. The summed E-state index contributed by atoms with van der Waals surface area (Å²) >= 11 is 0. The Balaban J connectivity index is 2.09. The topological polar surface area (TPSA) is 102 Å². The number of esters is 1. The van der Waals surface area contributed by atoms with Crippen molar-refractivity contribution in [3.63, 3.8) is 0 Å². The van der Waals surface area contributed by atoms with E-state index in [2.05, 4.69) is 5.32 Å². The molecule has 1 aromatic carbocycles. The van der Waals surface area contributed by atoms with Gasteiger partial charge >= 0.3 is 5.97 Å². The van der Waals surface area contributed by atoms with E-state index in [1.165, 1.54) is 35.5 Å². The number of likely N-dealkylation sites (N-methyl/N-ethyl adjacent to an activating group) is 1. The quantitative estimate of drug-likeness (QED) is 0.722. The predicted octanol–water partition coefficient (Wildman–Crippen LogP) is 1.17. The van der Waals surface area contributed by atoms with Gasteiger partial charge in [0.05, 0.1) is 22.7 Å². The first-order chi connectivity index (χ1) is 12.6. The number of amides is 1. The van der Waals surface area contributed by atoms with Crippen LogP contribution in [0.2, 0.25) is 0 Å². The third-order valence-electron chi connectivity index (χ3n) is 4.12. The van der Waals surface area contributed by atoms with Gasteiger partial charge in [0.15, 0.2) is 6.10 Å². The number of hydrogen-bond donors (Lipinski definition) is 1. The summed E-state index contributed by atoms with van der Waals surface area (Å²) in [7, 11) is -3.68. The molecule has 2 rings (SSSR count). The summed E-state index contributed by atoms with van der Waals surface area (Å²) in [4.78, 5) is 23.9. The highest BCUT2D eigenvalue weighted by Crippen LogP contribution is 2.21. The molecule has 3 atom stereocenters. The molecule has 150 valence electrons. The first-order valence-corrected chi connectivity index (χ1v) is 10.3. The van der Waals surface area contributed by atoms with Crippen molar-refractivity contribution >= 4 is 21.9 Å². The number of carbonyl (C=O) groups excluding carboxylic acids is 2. The van der Waals surface area contributed by atoms with Gasteiger partial charge in [-0.2, -0.15) is 4.31 Å². The Hall–Kier alpha value is -1.97. The van der Waals surface area contributed by atoms with Crippen LogP contribution in [0, 0.1) is 0 Å². The standard InChI is InChI=1S/C18H26N2O6S/c1-5-19-17(21)14(4)26-18(22)15-6-8-16(9-7-15)27(23,24)20-10-12(2)25-13(3)11-20/h6-9,12-14H,5,10-11H2,1-4H3,(H,19,21)/t12-,13+,14-/m1/s1. The van der Waals surface area contributed by atoms with E-state index < -0.39 is 22.1 Å². The van der Waals surface area contributed by atoms with Crippen molar-refractivity contribution in [2.75, 3.05) is 19.6 Å². The fourth-order valence-electron chi connectivity index (χ4n) is 2.84. The smallest absolute Gasteiger partial charge is 0.338 e. The lowest BCUT2D eigenvalue weighted by molar-refractivity contribution is -0.128. The molecule has 8 nitrogen and oxygen atoms in total. The number of nitrogens with zero attached hydrogens (tertiary/aromatic N) is 1. The number of rotatable bonds is 6. The molecule has 9 heteroatoms. The van der Waals surface area contributed by atoms with Crippen LogP contribution in [-0.2, 0) is 24.3 Å². The highest BCUT2D eigenvalue weighted by Gasteiger charge is 2.32.